The normalized spacial score (nSPS) is 15.0. The van der Waals surface area contributed by atoms with Crippen LogP contribution in [-0.4, -0.2) is 71.9 Å². The van der Waals surface area contributed by atoms with Crippen LogP contribution in [0.5, 0.6) is 5.75 Å². The van der Waals surface area contributed by atoms with Crippen molar-refractivity contribution in [2.75, 3.05) is 39.8 Å². The van der Waals surface area contributed by atoms with Gasteiger partial charge in [0.1, 0.15) is 5.75 Å². The van der Waals surface area contributed by atoms with Gasteiger partial charge >= 0.3 is 0 Å². The van der Waals surface area contributed by atoms with Crippen molar-refractivity contribution in [1.82, 2.24) is 14.7 Å². The minimum atomic E-state index is -0.262. The van der Waals surface area contributed by atoms with Gasteiger partial charge in [0.05, 0.1) is 13.7 Å². The monoisotopic (exact) mass is 465 g/mol. The van der Waals surface area contributed by atoms with E-state index in [0.717, 1.165) is 49.4 Å². The number of methoxy groups -OCH3 is 1. The lowest BCUT2D eigenvalue weighted by atomic mass is 10.0. The molecule has 2 aromatic rings. The van der Waals surface area contributed by atoms with Crippen LogP contribution in [0.25, 0.3) is 0 Å². The standard InChI is InChI=1S/C28H39N3O3/c1-28(2,3)31(21-24-9-6-5-7-10-24)27(33)22-29-17-8-18-30(20-19-29)26(32)16-13-23-11-14-25(34-4)15-12-23/h5-7,9-12,14-15H,8,13,16-22H2,1-4H3. The lowest BCUT2D eigenvalue weighted by molar-refractivity contribution is -0.138. The second-order valence-electron chi connectivity index (χ2n) is 9.99. The number of benzene rings is 2. The number of aryl methyl sites for hydroxylation is 1. The predicted molar refractivity (Wildman–Crippen MR) is 136 cm³/mol. The molecule has 0 unspecified atom stereocenters. The molecule has 1 fully saturated rings. The first-order valence-electron chi connectivity index (χ1n) is 12.2. The predicted octanol–water partition coefficient (Wildman–Crippen LogP) is 3.99. The van der Waals surface area contributed by atoms with Crippen LogP contribution in [0.2, 0.25) is 0 Å². The molecule has 1 heterocycles. The Bertz CT molecular complexity index is 922. The number of ether oxygens (including phenoxy) is 1. The first-order chi connectivity index (χ1) is 16.3. The lowest BCUT2D eigenvalue weighted by Crippen LogP contribution is -2.49. The number of amides is 2. The molecule has 2 amide bonds. The fourth-order valence-electron chi connectivity index (χ4n) is 4.32. The molecular formula is C28H39N3O3. The van der Waals surface area contributed by atoms with Gasteiger partial charge in [-0.25, -0.2) is 0 Å². The van der Waals surface area contributed by atoms with Gasteiger partial charge in [-0.3, -0.25) is 14.5 Å². The summed E-state index contributed by atoms with van der Waals surface area (Å²) in [6.45, 7) is 10.2. The molecule has 34 heavy (non-hydrogen) atoms. The van der Waals surface area contributed by atoms with Gasteiger partial charge in [-0.05, 0) is 56.9 Å². The molecule has 184 valence electrons. The van der Waals surface area contributed by atoms with E-state index < -0.39 is 0 Å². The maximum absolute atomic E-state index is 13.3. The first kappa shape index (κ1) is 25.8. The smallest absolute Gasteiger partial charge is 0.237 e. The van der Waals surface area contributed by atoms with Crippen molar-refractivity contribution in [2.24, 2.45) is 0 Å². The molecule has 1 saturated heterocycles. The maximum atomic E-state index is 13.3. The van der Waals surface area contributed by atoms with E-state index in [2.05, 4.69) is 37.8 Å². The Kier molecular flexibility index (Phi) is 9.11. The van der Waals surface area contributed by atoms with Crippen molar-refractivity contribution in [3.8, 4) is 5.75 Å². The highest BCUT2D eigenvalue weighted by Gasteiger charge is 2.28. The van der Waals surface area contributed by atoms with Gasteiger partial charge in [-0.15, -0.1) is 0 Å². The fourth-order valence-corrected chi connectivity index (χ4v) is 4.32. The lowest BCUT2D eigenvalue weighted by Gasteiger charge is -2.37. The van der Waals surface area contributed by atoms with Gasteiger partial charge in [-0.2, -0.15) is 0 Å². The zero-order chi connectivity index (χ0) is 24.6. The molecular weight excluding hydrogens is 426 g/mol. The molecule has 0 aromatic heterocycles. The van der Waals surface area contributed by atoms with Crippen molar-refractivity contribution in [1.29, 1.82) is 0 Å². The fraction of sp³-hybridized carbons (Fsp3) is 0.500. The van der Waals surface area contributed by atoms with Crippen LogP contribution < -0.4 is 4.74 Å². The van der Waals surface area contributed by atoms with Crippen molar-refractivity contribution in [3.05, 3.63) is 65.7 Å². The van der Waals surface area contributed by atoms with E-state index in [4.69, 9.17) is 4.74 Å². The molecule has 0 saturated carbocycles. The van der Waals surface area contributed by atoms with Crippen LogP contribution in [0, 0.1) is 0 Å². The molecule has 0 aliphatic carbocycles. The van der Waals surface area contributed by atoms with Crippen molar-refractivity contribution in [2.45, 2.75) is 52.1 Å². The summed E-state index contributed by atoms with van der Waals surface area (Å²) in [7, 11) is 1.65. The molecule has 0 atom stereocenters. The summed E-state index contributed by atoms with van der Waals surface area (Å²) in [6, 6.07) is 18.0. The molecule has 3 rings (SSSR count). The summed E-state index contributed by atoms with van der Waals surface area (Å²) in [4.78, 5) is 32.2. The minimum Gasteiger partial charge on any atom is -0.497 e. The molecule has 6 nitrogen and oxygen atoms in total. The summed E-state index contributed by atoms with van der Waals surface area (Å²) in [5.74, 6) is 1.14. The highest BCUT2D eigenvalue weighted by atomic mass is 16.5. The van der Waals surface area contributed by atoms with Crippen molar-refractivity contribution < 1.29 is 14.3 Å². The molecule has 0 N–H and O–H groups in total. The van der Waals surface area contributed by atoms with Gasteiger partial charge in [0.25, 0.3) is 0 Å². The molecule has 0 spiro atoms. The number of nitrogens with zero attached hydrogens (tertiary/aromatic N) is 3. The maximum Gasteiger partial charge on any atom is 0.237 e. The van der Waals surface area contributed by atoms with E-state index in [1.165, 1.54) is 0 Å². The third kappa shape index (κ3) is 7.59. The van der Waals surface area contributed by atoms with E-state index >= 15 is 0 Å². The Morgan fingerprint density at radius 2 is 1.62 bits per heavy atom. The van der Waals surface area contributed by atoms with E-state index in [1.807, 2.05) is 52.3 Å². The highest BCUT2D eigenvalue weighted by molar-refractivity contribution is 5.79. The first-order valence-corrected chi connectivity index (χ1v) is 12.2. The Morgan fingerprint density at radius 3 is 2.26 bits per heavy atom. The van der Waals surface area contributed by atoms with E-state index in [0.29, 0.717) is 26.1 Å². The zero-order valence-corrected chi connectivity index (χ0v) is 21.1. The number of carbonyl (C=O) groups is 2. The Morgan fingerprint density at radius 1 is 0.912 bits per heavy atom. The third-order valence-electron chi connectivity index (χ3n) is 6.38. The number of hydrogen-bond acceptors (Lipinski definition) is 4. The molecule has 6 heteroatoms. The third-order valence-corrected chi connectivity index (χ3v) is 6.38. The van der Waals surface area contributed by atoms with Gasteiger partial charge in [0.15, 0.2) is 0 Å². The van der Waals surface area contributed by atoms with Gasteiger partial charge < -0.3 is 14.5 Å². The van der Waals surface area contributed by atoms with E-state index in [9.17, 15) is 9.59 Å². The summed E-state index contributed by atoms with van der Waals surface area (Å²) < 4.78 is 5.20. The SMILES string of the molecule is COc1ccc(CCC(=O)N2CCCN(CC(=O)N(Cc3ccccc3)C(C)(C)C)CC2)cc1. The largest absolute Gasteiger partial charge is 0.497 e. The molecule has 2 aromatic carbocycles. The van der Waals surface area contributed by atoms with E-state index in [-0.39, 0.29) is 17.4 Å². The molecule has 1 aliphatic rings. The Balaban J connectivity index is 1.51. The summed E-state index contributed by atoms with van der Waals surface area (Å²) in [5.41, 5.74) is 2.01. The minimum absolute atomic E-state index is 0.135. The Labute approximate surface area is 204 Å². The molecule has 0 radical (unpaired) electrons. The van der Waals surface area contributed by atoms with Crippen LogP contribution in [-0.2, 0) is 22.6 Å². The Hall–Kier alpha value is -2.86. The van der Waals surface area contributed by atoms with E-state index in [1.54, 1.807) is 7.11 Å². The summed E-state index contributed by atoms with van der Waals surface area (Å²) in [5, 5.41) is 0. The van der Waals surface area contributed by atoms with Gasteiger partial charge in [-0.1, -0.05) is 42.5 Å². The van der Waals surface area contributed by atoms with Crippen LogP contribution in [0.1, 0.15) is 44.7 Å². The zero-order valence-electron chi connectivity index (χ0n) is 21.1. The number of rotatable bonds is 8. The van der Waals surface area contributed by atoms with Crippen LogP contribution in [0.3, 0.4) is 0 Å². The second kappa shape index (κ2) is 12.0. The average Bonchev–Trinajstić information content (AvgIpc) is 3.07. The summed E-state index contributed by atoms with van der Waals surface area (Å²) >= 11 is 0. The molecule has 1 aliphatic heterocycles. The van der Waals surface area contributed by atoms with Crippen molar-refractivity contribution >= 4 is 11.8 Å². The van der Waals surface area contributed by atoms with Crippen molar-refractivity contribution in [3.63, 3.8) is 0 Å². The topological polar surface area (TPSA) is 53.1 Å². The van der Waals surface area contributed by atoms with Crippen LogP contribution >= 0.6 is 0 Å². The summed E-state index contributed by atoms with van der Waals surface area (Å²) in [6.07, 6.45) is 2.11. The number of carbonyl (C=O) groups excluding carboxylic acids is 2. The van der Waals surface area contributed by atoms with Crippen LogP contribution in [0.15, 0.2) is 54.6 Å². The van der Waals surface area contributed by atoms with Crippen LogP contribution in [0.4, 0.5) is 0 Å². The molecule has 0 bridgehead atoms. The van der Waals surface area contributed by atoms with Gasteiger partial charge in [0.2, 0.25) is 11.8 Å². The average molecular weight is 466 g/mol. The number of hydrogen-bond donors (Lipinski definition) is 0. The second-order valence-corrected chi connectivity index (χ2v) is 9.99. The highest BCUT2D eigenvalue weighted by Crippen LogP contribution is 2.19. The quantitative estimate of drug-likeness (QED) is 0.592. The van der Waals surface area contributed by atoms with Gasteiger partial charge in [0, 0.05) is 44.7 Å².